The van der Waals surface area contributed by atoms with E-state index in [1.54, 1.807) is 0 Å². The lowest BCUT2D eigenvalue weighted by atomic mass is 9.98. The minimum atomic E-state index is -2.83. The molecular formula is C18H29NO2S. The first kappa shape index (κ1) is 17.5. The number of aryl methyl sites for hydroxylation is 3. The molecule has 2 rings (SSSR count). The number of rotatable bonds is 6. The van der Waals surface area contributed by atoms with Gasteiger partial charge in [-0.15, -0.1) is 0 Å². The molecule has 1 aliphatic heterocycles. The smallest absolute Gasteiger partial charge is 0.151 e. The van der Waals surface area contributed by atoms with Crippen LogP contribution in [0.15, 0.2) is 12.1 Å². The van der Waals surface area contributed by atoms with E-state index in [-0.39, 0.29) is 6.04 Å². The Morgan fingerprint density at radius 1 is 1.18 bits per heavy atom. The maximum atomic E-state index is 11.8. The molecule has 1 atom stereocenters. The number of benzene rings is 1. The van der Waals surface area contributed by atoms with E-state index in [0.717, 1.165) is 32.4 Å². The summed E-state index contributed by atoms with van der Waals surface area (Å²) in [5.41, 5.74) is 5.30. The molecule has 1 heterocycles. The molecule has 22 heavy (non-hydrogen) atoms. The minimum Gasteiger partial charge on any atom is -0.295 e. The largest absolute Gasteiger partial charge is 0.295 e. The Hall–Kier alpha value is -0.870. The van der Waals surface area contributed by atoms with Gasteiger partial charge in [0.2, 0.25) is 0 Å². The Bertz CT molecular complexity index is 599. The Morgan fingerprint density at radius 3 is 2.32 bits per heavy atom. The van der Waals surface area contributed by atoms with Crippen molar-refractivity contribution in [1.82, 2.24) is 4.90 Å². The summed E-state index contributed by atoms with van der Waals surface area (Å²) >= 11 is 0. The molecule has 0 spiro atoms. The third kappa shape index (κ3) is 4.32. The first-order valence-corrected chi connectivity index (χ1v) is 10.2. The average Bonchev–Trinajstić information content (AvgIpc) is 2.77. The summed E-state index contributed by atoms with van der Waals surface area (Å²) in [6.07, 6.45) is 3.05. The highest BCUT2D eigenvalue weighted by atomic mass is 32.2. The van der Waals surface area contributed by atoms with Crippen LogP contribution in [0, 0.1) is 20.8 Å². The number of nitrogens with zero attached hydrogens (tertiary/aromatic N) is 1. The SMILES string of the molecule is CCCCN(Cc1c(C)cc(C)cc1C)[C@@H]1CCS(=O)(=O)C1. The van der Waals surface area contributed by atoms with Gasteiger partial charge in [0.15, 0.2) is 9.84 Å². The van der Waals surface area contributed by atoms with E-state index in [4.69, 9.17) is 0 Å². The maximum Gasteiger partial charge on any atom is 0.151 e. The summed E-state index contributed by atoms with van der Waals surface area (Å²) < 4.78 is 23.6. The van der Waals surface area contributed by atoms with Crippen LogP contribution in [0.1, 0.15) is 48.4 Å². The molecule has 0 amide bonds. The van der Waals surface area contributed by atoms with Gasteiger partial charge >= 0.3 is 0 Å². The molecule has 0 bridgehead atoms. The van der Waals surface area contributed by atoms with Crippen LogP contribution in [0.4, 0.5) is 0 Å². The standard InChI is InChI=1S/C18H29NO2S/c1-5-6-8-19(17-7-9-22(20,21)13-17)12-18-15(3)10-14(2)11-16(18)4/h10-11,17H,5-9,12-13H2,1-4H3/t17-/m1/s1. The lowest BCUT2D eigenvalue weighted by Crippen LogP contribution is -2.36. The van der Waals surface area contributed by atoms with E-state index in [1.807, 2.05) is 0 Å². The summed E-state index contributed by atoms with van der Waals surface area (Å²) in [4.78, 5) is 2.40. The Morgan fingerprint density at radius 2 is 1.82 bits per heavy atom. The third-order valence-corrected chi connectivity index (χ3v) is 6.48. The summed E-state index contributed by atoms with van der Waals surface area (Å²) in [5.74, 6) is 0.687. The fourth-order valence-corrected chi connectivity index (χ4v) is 5.24. The molecule has 0 unspecified atom stereocenters. The van der Waals surface area contributed by atoms with Crippen LogP contribution in [0.3, 0.4) is 0 Å². The topological polar surface area (TPSA) is 37.4 Å². The van der Waals surface area contributed by atoms with Crippen molar-refractivity contribution < 1.29 is 8.42 Å². The van der Waals surface area contributed by atoms with Crippen molar-refractivity contribution in [2.45, 2.75) is 59.5 Å². The zero-order valence-corrected chi connectivity index (χ0v) is 15.2. The van der Waals surface area contributed by atoms with Crippen LogP contribution >= 0.6 is 0 Å². The molecule has 0 aromatic heterocycles. The first-order valence-electron chi connectivity index (χ1n) is 8.33. The normalized spacial score (nSPS) is 20.7. The van der Waals surface area contributed by atoms with Crippen molar-refractivity contribution in [2.24, 2.45) is 0 Å². The van der Waals surface area contributed by atoms with Crippen LogP contribution < -0.4 is 0 Å². The van der Waals surface area contributed by atoms with Crippen molar-refractivity contribution >= 4 is 9.84 Å². The first-order chi connectivity index (χ1) is 10.3. The maximum absolute atomic E-state index is 11.8. The zero-order chi connectivity index (χ0) is 16.3. The van der Waals surface area contributed by atoms with Crippen LogP contribution in [-0.2, 0) is 16.4 Å². The van der Waals surface area contributed by atoms with Gasteiger partial charge in [0.05, 0.1) is 11.5 Å². The molecule has 1 saturated heterocycles. The Kier molecular flexibility index (Phi) is 5.67. The highest BCUT2D eigenvalue weighted by Crippen LogP contribution is 2.24. The van der Waals surface area contributed by atoms with Crippen molar-refractivity contribution in [2.75, 3.05) is 18.1 Å². The van der Waals surface area contributed by atoms with Gasteiger partial charge in [-0.25, -0.2) is 8.42 Å². The van der Waals surface area contributed by atoms with Crippen LogP contribution in [0.5, 0.6) is 0 Å². The highest BCUT2D eigenvalue weighted by molar-refractivity contribution is 7.91. The number of unbranched alkanes of at least 4 members (excludes halogenated alkanes) is 1. The molecule has 0 aliphatic carbocycles. The summed E-state index contributed by atoms with van der Waals surface area (Å²) in [5, 5.41) is 0. The van der Waals surface area contributed by atoms with Gasteiger partial charge in [0.25, 0.3) is 0 Å². The molecule has 3 nitrogen and oxygen atoms in total. The van der Waals surface area contributed by atoms with Crippen molar-refractivity contribution in [3.8, 4) is 0 Å². The monoisotopic (exact) mass is 323 g/mol. The van der Waals surface area contributed by atoms with E-state index in [0.29, 0.717) is 11.5 Å². The molecule has 1 fully saturated rings. The lowest BCUT2D eigenvalue weighted by molar-refractivity contribution is 0.199. The molecule has 1 aliphatic rings. The molecule has 0 radical (unpaired) electrons. The van der Waals surface area contributed by atoms with Gasteiger partial charge in [-0.3, -0.25) is 4.90 Å². The second-order valence-electron chi connectivity index (χ2n) is 6.76. The van der Waals surface area contributed by atoms with Crippen LogP contribution in [-0.4, -0.2) is 37.4 Å². The molecular weight excluding hydrogens is 294 g/mol. The molecule has 0 N–H and O–H groups in total. The Balaban J connectivity index is 2.20. The van der Waals surface area contributed by atoms with Crippen LogP contribution in [0.2, 0.25) is 0 Å². The van der Waals surface area contributed by atoms with E-state index in [2.05, 4.69) is 44.7 Å². The number of hydrogen-bond acceptors (Lipinski definition) is 3. The number of hydrogen-bond donors (Lipinski definition) is 0. The molecule has 1 aromatic carbocycles. The predicted molar refractivity (Wildman–Crippen MR) is 93.0 cm³/mol. The Labute approximate surface area is 135 Å². The van der Waals surface area contributed by atoms with Gasteiger partial charge in [0.1, 0.15) is 0 Å². The van der Waals surface area contributed by atoms with Crippen molar-refractivity contribution in [3.63, 3.8) is 0 Å². The predicted octanol–water partition coefficient (Wildman–Crippen LogP) is 3.40. The number of sulfone groups is 1. The second-order valence-corrected chi connectivity index (χ2v) is 8.99. The fourth-order valence-electron chi connectivity index (χ4n) is 3.48. The summed E-state index contributed by atoms with van der Waals surface area (Å²) in [6.45, 7) is 10.5. The van der Waals surface area contributed by atoms with E-state index < -0.39 is 9.84 Å². The summed E-state index contributed by atoms with van der Waals surface area (Å²) in [6, 6.07) is 4.65. The fraction of sp³-hybridized carbons (Fsp3) is 0.667. The van der Waals surface area contributed by atoms with E-state index in [9.17, 15) is 8.42 Å². The lowest BCUT2D eigenvalue weighted by Gasteiger charge is -2.29. The zero-order valence-electron chi connectivity index (χ0n) is 14.4. The van der Waals surface area contributed by atoms with E-state index in [1.165, 1.54) is 22.3 Å². The second kappa shape index (κ2) is 7.14. The molecule has 1 aromatic rings. The van der Waals surface area contributed by atoms with Gasteiger partial charge in [0, 0.05) is 12.6 Å². The van der Waals surface area contributed by atoms with Crippen molar-refractivity contribution in [1.29, 1.82) is 0 Å². The average molecular weight is 324 g/mol. The third-order valence-electron chi connectivity index (χ3n) is 4.73. The summed E-state index contributed by atoms with van der Waals surface area (Å²) in [7, 11) is -2.83. The molecule has 0 saturated carbocycles. The van der Waals surface area contributed by atoms with Gasteiger partial charge in [-0.1, -0.05) is 31.0 Å². The van der Waals surface area contributed by atoms with E-state index >= 15 is 0 Å². The molecule has 4 heteroatoms. The van der Waals surface area contributed by atoms with Crippen molar-refractivity contribution in [3.05, 3.63) is 34.4 Å². The van der Waals surface area contributed by atoms with Gasteiger partial charge < -0.3 is 0 Å². The minimum absolute atomic E-state index is 0.191. The molecule has 124 valence electrons. The quantitative estimate of drug-likeness (QED) is 0.805. The van der Waals surface area contributed by atoms with Gasteiger partial charge in [-0.2, -0.15) is 0 Å². The van der Waals surface area contributed by atoms with Gasteiger partial charge in [-0.05, 0) is 56.8 Å². The highest BCUT2D eigenvalue weighted by Gasteiger charge is 2.32. The van der Waals surface area contributed by atoms with Crippen LogP contribution in [0.25, 0.3) is 0 Å².